The highest BCUT2D eigenvalue weighted by Crippen LogP contribution is 2.18. The first kappa shape index (κ1) is 20.2. The molecule has 0 aliphatic carbocycles. The van der Waals surface area contributed by atoms with Gasteiger partial charge in [0.15, 0.2) is 0 Å². The molecule has 6 nitrogen and oxygen atoms in total. The second-order valence-corrected chi connectivity index (χ2v) is 6.83. The largest absolute Gasteiger partial charge is 0.355 e. The van der Waals surface area contributed by atoms with Crippen LogP contribution in [0.1, 0.15) is 37.2 Å². The number of hydrogen-bond acceptors (Lipinski definition) is 4. The normalized spacial score (nSPS) is 16.0. The fourth-order valence-corrected chi connectivity index (χ4v) is 3.50. The van der Waals surface area contributed by atoms with Crippen LogP contribution in [0.5, 0.6) is 0 Å². The Balaban J connectivity index is 0.00000243. The summed E-state index contributed by atoms with van der Waals surface area (Å²) >= 11 is 0. The van der Waals surface area contributed by atoms with Crippen molar-refractivity contribution in [3.05, 3.63) is 41.9 Å². The lowest BCUT2D eigenvalue weighted by molar-refractivity contribution is -0.131. The molecule has 1 unspecified atom stereocenters. The summed E-state index contributed by atoms with van der Waals surface area (Å²) in [6.07, 6.45) is 3.28. The Morgan fingerprint density at radius 1 is 1.19 bits per heavy atom. The molecule has 0 radical (unpaired) electrons. The van der Waals surface area contributed by atoms with E-state index >= 15 is 0 Å². The lowest BCUT2D eigenvalue weighted by Gasteiger charge is -2.24. The lowest BCUT2D eigenvalue weighted by Crippen LogP contribution is -2.36. The molecule has 1 amide bonds. The number of aryl methyl sites for hydroxylation is 2. The van der Waals surface area contributed by atoms with Gasteiger partial charge in [0, 0.05) is 44.5 Å². The van der Waals surface area contributed by atoms with Gasteiger partial charge in [-0.1, -0.05) is 6.07 Å². The van der Waals surface area contributed by atoms with Crippen LogP contribution in [0, 0.1) is 13.8 Å². The van der Waals surface area contributed by atoms with Crippen molar-refractivity contribution < 1.29 is 4.79 Å². The van der Waals surface area contributed by atoms with Crippen LogP contribution >= 0.6 is 12.4 Å². The molecule has 1 saturated heterocycles. The molecule has 2 aromatic heterocycles. The van der Waals surface area contributed by atoms with E-state index in [1.54, 1.807) is 0 Å². The van der Waals surface area contributed by atoms with Crippen LogP contribution in [-0.2, 0) is 4.79 Å². The quantitative estimate of drug-likeness (QED) is 0.821. The maximum absolute atomic E-state index is 12.7. The topological polar surface area (TPSA) is 54.3 Å². The Labute approximate surface area is 161 Å². The predicted molar refractivity (Wildman–Crippen MR) is 106 cm³/mol. The Bertz CT molecular complexity index is 718. The number of anilines is 1. The number of hydrogen-bond donors (Lipinski definition) is 0. The van der Waals surface area contributed by atoms with Crippen LogP contribution in [0.15, 0.2) is 30.5 Å². The van der Waals surface area contributed by atoms with Gasteiger partial charge < -0.3 is 9.80 Å². The number of amides is 1. The number of pyridine rings is 1. The molecular formula is C19H28ClN5O. The molecule has 0 bridgehead atoms. The maximum atomic E-state index is 12.7. The number of rotatable bonds is 4. The smallest absolute Gasteiger partial charge is 0.224 e. The number of carbonyl (C=O) groups is 1. The molecule has 0 saturated carbocycles. The van der Waals surface area contributed by atoms with Gasteiger partial charge >= 0.3 is 0 Å². The van der Waals surface area contributed by atoms with Crippen molar-refractivity contribution in [2.45, 2.75) is 39.7 Å². The van der Waals surface area contributed by atoms with Crippen LogP contribution in [0.2, 0.25) is 0 Å². The highest BCUT2D eigenvalue weighted by atomic mass is 35.5. The number of nitrogens with zero attached hydrogens (tertiary/aromatic N) is 5. The molecular weight excluding hydrogens is 350 g/mol. The molecule has 0 N–H and O–H groups in total. The maximum Gasteiger partial charge on any atom is 0.224 e. The molecule has 0 aromatic carbocycles. The summed E-state index contributed by atoms with van der Waals surface area (Å²) in [4.78, 5) is 21.4. The molecule has 1 aliphatic heterocycles. The van der Waals surface area contributed by atoms with E-state index in [0.717, 1.165) is 49.8 Å². The Morgan fingerprint density at radius 3 is 2.65 bits per heavy atom. The minimum atomic E-state index is 0. The Kier molecular flexibility index (Phi) is 7.03. The first-order chi connectivity index (χ1) is 12.0. The first-order valence-electron chi connectivity index (χ1n) is 9.01. The van der Waals surface area contributed by atoms with Crippen LogP contribution in [-0.4, -0.2) is 51.8 Å². The SMILES string of the molecule is Cc1cc(C)n(C(C)CC(=O)N2CCCN(c3ccccn3)CC2)n1.Cl. The predicted octanol–water partition coefficient (Wildman–Crippen LogP) is 3.01. The molecule has 3 rings (SSSR count). The van der Waals surface area contributed by atoms with Crippen LogP contribution < -0.4 is 4.90 Å². The van der Waals surface area contributed by atoms with Gasteiger partial charge in [0.25, 0.3) is 0 Å². The standard InChI is InChI=1S/C19H27N5O.ClH/c1-15-13-16(2)24(21-15)17(3)14-19(25)23-10-6-9-22(11-12-23)18-7-4-5-8-20-18;/h4-5,7-8,13,17H,6,9-12,14H2,1-3H3;1H. The summed E-state index contributed by atoms with van der Waals surface area (Å²) in [5.41, 5.74) is 2.10. The van der Waals surface area contributed by atoms with Crippen molar-refractivity contribution in [2.24, 2.45) is 0 Å². The lowest BCUT2D eigenvalue weighted by atomic mass is 10.2. The minimum absolute atomic E-state index is 0. The average molecular weight is 378 g/mol. The van der Waals surface area contributed by atoms with Gasteiger partial charge in [0.05, 0.1) is 11.7 Å². The highest BCUT2D eigenvalue weighted by Gasteiger charge is 2.22. The summed E-state index contributed by atoms with van der Waals surface area (Å²) in [6, 6.07) is 8.10. The summed E-state index contributed by atoms with van der Waals surface area (Å²) in [5.74, 6) is 1.20. The van der Waals surface area contributed by atoms with Gasteiger partial charge in [-0.05, 0) is 45.4 Å². The highest BCUT2D eigenvalue weighted by molar-refractivity contribution is 5.85. The second kappa shape index (κ2) is 9.03. The average Bonchev–Trinajstić information content (AvgIpc) is 2.81. The van der Waals surface area contributed by atoms with Crippen molar-refractivity contribution in [2.75, 3.05) is 31.1 Å². The second-order valence-electron chi connectivity index (χ2n) is 6.83. The van der Waals surface area contributed by atoms with E-state index in [1.807, 2.05) is 47.8 Å². The van der Waals surface area contributed by atoms with Crippen molar-refractivity contribution in [1.29, 1.82) is 0 Å². The van der Waals surface area contributed by atoms with Gasteiger partial charge in [0.2, 0.25) is 5.91 Å². The third-order valence-electron chi connectivity index (χ3n) is 4.75. The van der Waals surface area contributed by atoms with Crippen molar-refractivity contribution in [1.82, 2.24) is 19.7 Å². The molecule has 0 spiro atoms. The van der Waals surface area contributed by atoms with E-state index < -0.39 is 0 Å². The zero-order valence-corrected chi connectivity index (χ0v) is 16.6. The molecule has 3 heterocycles. The monoisotopic (exact) mass is 377 g/mol. The molecule has 1 aliphatic rings. The van der Waals surface area contributed by atoms with Crippen LogP contribution in [0.4, 0.5) is 5.82 Å². The molecule has 7 heteroatoms. The van der Waals surface area contributed by atoms with Gasteiger partial charge in [0.1, 0.15) is 5.82 Å². The zero-order valence-electron chi connectivity index (χ0n) is 15.8. The number of aromatic nitrogens is 3. The fraction of sp³-hybridized carbons (Fsp3) is 0.526. The van der Waals surface area contributed by atoms with Crippen molar-refractivity contribution in [3.63, 3.8) is 0 Å². The molecule has 1 atom stereocenters. The number of carbonyl (C=O) groups excluding carboxylic acids is 1. The van der Waals surface area contributed by atoms with E-state index in [9.17, 15) is 4.79 Å². The Hall–Kier alpha value is -2.08. The van der Waals surface area contributed by atoms with E-state index in [1.165, 1.54) is 0 Å². The van der Waals surface area contributed by atoms with Gasteiger partial charge in [-0.2, -0.15) is 5.10 Å². The summed E-state index contributed by atoms with van der Waals surface area (Å²) < 4.78 is 1.96. The third-order valence-corrected chi connectivity index (χ3v) is 4.75. The third kappa shape index (κ3) is 4.75. The van der Waals surface area contributed by atoms with Crippen LogP contribution in [0.25, 0.3) is 0 Å². The fourth-order valence-electron chi connectivity index (χ4n) is 3.50. The first-order valence-corrected chi connectivity index (χ1v) is 9.01. The van der Waals surface area contributed by atoms with Gasteiger partial charge in [-0.25, -0.2) is 4.98 Å². The summed E-state index contributed by atoms with van der Waals surface area (Å²) in [6.45, 7) is 9.42. The van der Waals surface area contributed by atoms with Gasteiger partial charge in [-0.15, -0.1) is 12.4 Å². The minimum Gasteiger partial charge on any atom is -0.355 e. The molecule has 1 fully saturated rings. The van der Waals surface area contributed by atoms with Crippen LogP contribution in [0.3, 0.4) is 0 Å². The van der Waals surface area contributed by atoms with Crippen molar-refractivity contribution >= 4 is 24.1 Å². The van der Waals surface area contributed by atoms with E-state index in [4.69, 9.17) is 0 Å². The van der Waals surface area contributed by atoms with Gasteiger partial charge in [-0.3, -0.25) is 9.48 Å². The van der Waals surface area contributed by atoms with E-state index in [2.05, 4.69) is 28.0 Å². The zero-order chi connectivity index (χ0) is 17.8. The van der Waals surface area contributed by atoms with Crippen molar-refractivity contribution in [3.8, 4) is 0 Å². The van der Waals surface area contributed by atoms with E-state index in [-0.39, 0.29) is 24.4 Å². The molecule has 2 aromatic rings. The number of halogens is 1. The Morgan fingerprint density at radius 2 is 2.00 bits per heavy atom. The van der Waals surface area contributed by atoms with E-state index in [0.29, 0.717) is 6.42 Å². The summed E-state index contributed by atoms with van der Waals surface area (Å²) in [7, 11) is 0. The molecule has 142 valence electrons. The molecule has 26 heavy (non-hydrogen) atoms. The summed E-state index contributed by atoms with van der Waals surface area (Å²) in [5, 5.41) is 4.51.